The molecule has 1 atom stereocenters. The predicted molar refractivity (Wildman–Crippen MR) is 106 cm³/mol. The first-order valence-electron chi connectivity index (χ1n) is 9.56. The molecule has 0 spiro atoms. The lowest BCUT2D eigenvalue weighted by atomic mass is 9.96. The van der Waals surface area contributed by atoms with Gasteiger partial charge in [0.1, 0.15) is 5.82 Å². The summed E-state index contributed by atoms with van der Waals surface area (Å²) in [4.78, 5) is 26.9. The predicted octanol–water partition coefficient (Wildman–Crippen LogP) is 3.01. The highest BCUT2D eigenvalue weighted by Crippen LogP contribution is 2.30. The van der Waals surface area contributed by atoms with Crippen molar-refractivity contribution in [1.82, 2.24) is 10.2 Å². The molecular weight excluding hydrogens is 375 g/mol. The number of benzene rings is 2. The Hall–Kier alpha value is -3.09. The zero-order chi connectivity index (χ0) is 20.8. The van der Waals surface area contributed by atoms with Crippen LogP contribution in [0.4, 0.5) is 4.39 Å². The van der Waals surface area contributed by atoms with Gasteiger partial charge in [-0.05, 0) is 31.0 Å². The number of hydrogen-bond donors (Lipinski definition) is 1. The minimum Gasteiger partial charge on any atom is -0.493 e. The van der Waals surface area contributed by atoms with Crippen molar-refractivity contribution in [2.45, 2.75) is 19.4 Å². The highest BCUT2D eigenvalue weighted by atomic mass is 19.1. The molecular formula is C22H25FN2O4. The van der Waals surface area contributed by atoms with Crippen molar-refractivity contribution in [2.75, 3.05) is 27.3 Å². The minimum atomic E-state index is -0.547. The molecule has 1 N–H and O–H groups in total. The Kier molecular flexibility index (Phi) is 6.69. The van der Waals surface area contributed by atoms with E-state index < -0.39 is 5.82 Å². The first-order valence-corrected chi connectivity index (χ1v) is 9.56. The summed E-state index contributed by atoms with van der Waals surface area (Å²) in [6.07, 6.45) is 1.38. The van der Waals surface area contributed by atoms with Gasteiger partial charge in [0, 0.05) is 25.2 Å². The first-order chi connectivity index (χ1) is 14.0. The van der Waals surface area contributed by atoms with Gasteiger partial charge in [-0.3, -0.25) is 9.59 Å². The summed E-state index contributed by atoms with van der Waals surface area (Å²) in [6.45, 7) is 1.08. The Morgan fingerprint density at radius 1 is 1.14 bits per heavy atom. The number of hydrogen-bond acceptors (Lipinski definition) is 4. The van der Waals surface area contributed by atoms with Gasteiger partial charge in [0.2, 0.25) is 5.91 Å². The molecule has 3 rings (SSSR count). The molecule has 1 aliphatic rings. The standard InChI is InChI=1S/C22H25FN2O4/c1-28-19-11-5-7-15(20(19)29-2)13-24-21(26)16-8-6-12-25(14-16)22(27)17-9-3-4-10-18(17)23/h3-5,7,9-11,16H,6,8,12-14H2,1-2H3,(H,24,26). The summed E-state index contributed by atoms with van der Waals surface area (Å²) >= 11 is 0. The molecule has 29 heavy (non-hydrogen) atoms. The summed E-state index contributed by atoms with van der Waals surface area (Å²) in [7, 11) is 3.11. The van der Waals surface area contributed by atoms with Crippen molar-refractivity contribution in [2.24, 2.45) is 5.92 Å². The zero-order valence-corrected chi connectivity index (χ0v) is 16.6. The van der Waals surface area contributed by atoms with Crippen molar-refractivity contribution < 1.29 is 23.5 Å². The monoisotopic (exact) mass is 400 g/mol. The largest absolute Gasteiger partial charge is 0.493 e. The Morgan fingerprint density at radius 2 is 1.93 bits per heavy atom. The first kappa shape index (κ1) is 20.6. The van der Waals surface area contributed by atoms with Gasteiger partial charge in [0.05, 0.1) is 25.7 Å². The summed E-state index contributed by atoms with van der Waals surface area (Å²) in [5, 5.41) is 2.92. The van der Waals surface area contributed by atoms with Gasteiger partial charge in [0.15, 0.2) is 11.5 Å². The number of nitrogens with zero attached hydrogens (tertiary/aromatic N) is 1. The number of carbonyl (C=O) groups excluding carboxylic acids is 2. The maximum Gasteiger partial charge on any atom is 0.256 e. The van der Waals surface area contributed by atoms with Gasteiger partial charge in [-0.2, -0.15) is 0 Å². The van der Waals surface area contributed by atoms with Gasteiger partial charge in [-0.15, -0.1) is 0 Å². The average molecular weight is 400 g/mol. The zero-order valence-electron chi connectivity index (χ0n) is 16.6. The minimum absolute atomic E-state index is 0.0367. The molecule has 2 aromatic rings. The number of para-hydroxylation sites is 1. The van der Waals surface area contributed by atoms with Gasteiger partial charge in [-0.1, -0.05) is 24.3 Å². The second-order valence-electron chi connectivity index (χ2n) is 6.94. The molecule has 1 unspecified atom stereocenters. The van der Waals surface area contributed by atoms with Crippen LogP contribution < -0.4 is 14.8 Å². The lowest BCUT2D eigenvalue weighted by Gasteiger charge is -2.32. The van der Waals surface area contributed by atoms with E-state index >= 15 is 0 Å². The van der Waals surface area contributed by atoms with Crippen LogP contribution in [0.3, 0.4) is 0 Å². The molecule has 0 radical (unpaired) electrons. The summed E-state index contributed by atoms with van der Waals surface area (Å²) in [5.74, 6) is -0.227. The summed E-state index contributed by atoms with van der Waals surface area (Å²) in [6, 6.07) is 11.4. The van der Waals surface area contributed by atoms with Gasteiger partial charge >= 0.3 is 0 Å². The third kappa shape index (κ3) is 4.67. The number of piperidine rings is 1. The Morgan fingerprint density at radius 3 is 2.66 bits per heavy atom. The number of ether oxygens (including phenoxy) is 2. The fourth-order valence-corrected chi connectivity index (χ4v) is 3.60. The third-order valence-electron chi connectivity index (χ3n) is 5.12. The van der Waals surface area contributed by atoms with Crippen LogP contribution in [-0.2, 0) is 11.3 Å². The van der Waals surface area contributed by atoms with Gasteiger partial charge in [-0.25, -0.2) is 4.39 Å². The second kappa shape index (κ2) is 9.41. The topological polar surface area (TPSA) is 67.9 Å². The van der Waals surface area contributed by atoms with E-state index in [2.05, 4.69) is 5.32 Å². The fraction of sp³-hybridized carbons (Fsp3) is 0.364. The molecule has 0 aliphatic carbocycles. The maximum atomic E-state index is 13.9. The van der Waals surface area contributed by atoms with Crippen LogP contribution in [0.2, 0.25) is 0 Å². The number of halogens is 1. The van der Waals surface area contributed by atoms with E-state index in [-0.39, 0.29) is 36.4 Å². The summed E-state index contributed by atoms with van der Waals surface area (Å²) in [5.41, 5.74) is 0.838. The van der Waals surface area contributed by atoms with E-state index in [9.17, 15) is 14.0 Å². The molecule has 0 bridgehead atoms. The van der Waals surface area contributed by atoms with E-state index in [0.717, 1.165) is 5.56 Å². The van der Waals surface area contributed by atoms with Crippen molar-refractivity contribution >= 4 is 11.8 Å². The smallest absolute Gasteiger partial charge is 0.256 e. The molecule has 6 nitrogen and oxygen atoms in total. The maximum absolute atomic E-state index is 13.9. The lowest BCUT2D eigenvalue weighted by molar-refractivity contribution is -0.126. The highest BCUT2D eigenvalue weighted by molar-refractivity contribution is 5.95. The molecule has 2 aromatic carbocycles. The van der Waals surface area contributed by atoms with E-state index in [1.807, 2.05) is 12.1 Å². The molecule has 7 heteroatoms. The number of nitrogens with one attached hydrogen (secondary N) is 1. The molecule has 1 saturated heterocycles. The fourth-order valence-electron chi connectivity index (χ4n) is 3.60. The van der Waals surface area contributed by atoms with Crippen LogP contribution in [0.1, 0.15) is 28.8 Å². The Balaban J connectivity index is 1.63. The molecule has 1 heterocycles. The van der Waals surface area contributed by atoms with E-state index in [1.54, 1.807) is 37.3 Å². The number of methoxy groups -OCH3 is 2. The quantitative estimate of drug-likeness (QED) is 0.810. The third-order valence-corrected chi connectivity index (χ3v) is 5.12. The van der Waals surface area contributed by atoms with E-state index in [0.29, 0.717) is 30.9 Å². The van der Waals surface area contributed by atoms with Gasteiger partial charge < -0.3 is 19.7 Å². The molecule has 0 aromatic heterocycles. The van der Waals surface area contributed by atoms with Crippen LogP contribution in [-0.4, -0.2) is 44.0 Å². The van der Waals surface area contributed by atoms with Crippen molar-refractivity contribution in [3.63, 3.8) is 0 Å². The molecule has 1 fully saturated rings. The van der Waals surface area contributed by atoms with Crippen LogP contribution in [0.5, 0.6) is 11.5 Å². The van der Waals surface area contributed by atoms with E-state index in [4.69, 9.17) is 9.47 Å². The lowest BCUT2D eigenvalue weighted by Crippen LogP contribution is -2.45. The molecule has 0 saturated carbocycles. The second-order valence-corrected chi connectivity index (χ2v) is 6.94. The Bertz CT molecular complexity index is 887. The Labute approximate surface area is 169 Å². The van der Waals surface area contributed by atoms with Crippen molar-refractivity contribution in [3.05, 3.63) is 59.4 Å². The van der Waals surface area contributed by atoms with Gasteiger partial charge in [0.25, 0.3) is 5.91 Å². The van der Waals surface area contributed by atoms with Crippen LogP contribution in [0.25, 0.3) is 0 Å². The van der Waals surface area contributed by atoms with E-state index in [1.165, 1.54) is 12.1 Å². The van der Waals surface area contributed by atoms with Crippen molar-refractivity contribution in [1.29, 1.82) is 0 Å². The highest BCUT2D eigenvalue weighted by Gasteiger charge is 2.29. The number of rotatable bonds is 6. The van der Waals surface area contributed by atoms with Crippen molar-refractivity contribution in [3.8, 4) is 11.5 Å². The number of carbonyl (C=O) groups is 2. The molecule has 154 valence electrons. The van der Waals surface area contributed by atoms with Crippen LogP contribution in [0, 0.1) is 11.7 Å². The summed E-state index contributed by atoms with van der Waals surface area (Å²) < 4.78 is 24.6. The SMILES string of the molecule is COc1cccc(CNC(=O)C2CCCN(C(=O)c3ccccc3F)C2)c1OC. The molecule has 1 aliphatic heterocycles. The van der Waals surface area contributed by atoms with Crippen LogP contribution >= 0.6 is 0 Å². The normalized spacial score (nSPS) is 16.2. The number of amides is 2. The number of likely N-dealkylation sites (tertiary alicyclic amines) is 1. The molecule has 2 amide bonds. The van der Waals surface area contributed by atoms with Crippen LogP contribution in [0.15, 0.2) is 42.5 Å². The average Bonchev–Trinajstić information content (AvgIpc) is 2.77.